The third kappa shape index (κ3) is 6.91. The first-order chi connectivity index (χ1) is 19.2. The van der Waals surface area contributed by atoms with Crippen LogP contribution < -0.4 is 24.2 Å². The summed E-state index contributed by atoms with van der Waals surface area (Å²) in [7, 11) is -0.511. The number of nitrogens with one attached hydrogen (secondary N) is 2. The van der Waals surface area contributed by atoms with Crippen molar-refractivity contribution in [3.63, 3.8) is 0 Å². The van der Waals surface area contributed by atoms with E-state index < -0.39 is 79.6 Å². The topological polar surface area (TPSA) is 139 Å². The van der Waals surface area contributed by atoms with E-state index in [-0.39, 0.29) is 30.3 Å². The molecule has 0 fully saturated rings. The highest BCUT2D eigenvalue weighted by Crippen LogP contribution is 2.46. The van der Waals surface area contributed by atoms with Gasteiger partial charge in [0.2, 0.25) is 5.60 Å². The number of pyridine rings is 1. The predicted octanol–water partition coefficient (Wildman–Crippen LogP) is 3.48. The van der Waals surface area contributed by atoms with Crippen molar-refractivity contribution in [1.29, 1.82) is 0 Å². The molecular formula is C26H32ClF4N3O7S. The maximum atomic E-state index is 14.7. The highest BCUT2D eigenvalue weighted by atomic mass is 35.5. The fourth-order valence-corrected chi connectivity index (χ4v) is 4.97. The van der Waals surface area contributed by atoms with Crippen LogP contribution in [0.25, 0.3) is 0 Å². The molecule has 4 N–H and O–H groups in total. The van der Waals surface area contributed by atoms with Crippen molar-refractivity contribution < 1.29 is 51.0 Å². The Morgan fingerprint density at radius 3 is 2.48 bits per heavy atom. The maximum absolute atomic E-state index is 14.7. The van der Waals surface area contributed by atoms with Crippen LogP contribution in [0.4, 0.5) is 17.6 Å². The molecule has 0 bridgehead atoms. The zero-order valence-electron chi connectivity index (χ0n) is 23.6. The lowest BCUT2D eigenvalue weighted by Crippen LogP contribution is -2.52. The average Bonchev–Trinajstić information content (AvgIpc) is 3.20. The minimum Gasteiger partial charge on any atom is -0.493 e. The van der Waals surface area contributed by atoms with E-state index in [1.807, 2.05) is 5.32 Å². The maximum Gasteiger partial charge on any atom is 0.424 e. The van der Waals surface area contributed by atoms with Crippen LogP contribution in [0, 0.1) is 5.82 Å². The number of methoxy groups -OCH3 is 1. The Bertz CT molecular complexity index is 1370. The van der Waals surface area contributed by atoms with Gasteiger partial charge >= 0.3 is 6.18 Å². The molecule has 0 saturated heterocycles. The lowest BCUT2D eigenvalue weighted by atomic mass is 9.91. The van der Waals surface area contributed by atoms with Crippen molar-refractivity contribution in [2.75, 3.05) is 26.9 Å². The lowest BCUT2D eigenvalue weighted by Gasteiger charge is -2.32. The molecule has 2 aromatic rings. The zero-order chi connectivity index (χ0) is 31.8. The first kappa shape index (κ1) is 33.8. The quantitative estimate of drug-likeness (QED) is 0.229. The van der Waals surface area contributed by atoms with Gasteiger partial charge < -0.3 is 29.7 Å². The number of aliphatic hydroxyl groups is 2. The largest absolute Gasteiger partial charge is 0.493 e. The van der Waals surface area contributed by atoms with Gasteiger partial charge in [-0.05, 0) is 52.8 Å². The Hall–Kier alpha value is -2.72. The Kier molecular flexibility index (Phi) is 9.74. The van der Waals surface area contributed by atoms with Gasteiger partial charge in [0.25, 0.3) is 5.91 Å². The molecule has 1 unspecified atom stereocenters. The van der Waals surface area contributed by atoms with Crippen LogP contribution in [-0.4, -0.2) is 69.2 Å². The number of carbonyl (C=O) groups is 1. The van der Waals surface area contributed by atoms with Crippen molar-refractivity contribution in [2.24, 2.45) is 0 Å². The number of rotatable bonds is 10. The number of ether oxygens (including phenoxy) is 3. The second kappa shape index (κ2) is 12.1. The summed E-state index contributed by atoms with van der Waals surface area (Å²) in [4.78, 5) is 16.5. The molecule has 1 aliphatic heterocycles. The van der Waals surface area contributed by atoms with Crippen molar-refractivity contribution >= 4 is 28.5 Å². The molecule has 3 rings (SSSR count). The summed E-state index contributed by atoms with van der Waals surface area (Å²) in [6.07, 6.45) is -6.32. The van der Waals surface area contributed by atoms with Gasteiger partial charge in [0.05, 0.1) is 46.7 Å². The highest BCUT2D eigenvalue weighted by molar-refractivity contribution is 7.84. The van der Waals surface area contributed by atoms with E-state index in [1.54, 1.807) is 27.7 Å². The number of aliphatic hydroxyl groups excluding tert-OH is 1. The first-order valence-electron chi connectivity index (χ1n) is 12.5. The predicted molar refractivity (Wildman–Crippen MR) is 146 cm³/mol. The molecule has 16 heteroatoms. The molecule has 10 nitrogen and oxygen atoms in total. The Morgan fingerprint density at radius 1 is 1.29 bits per heavy atom. The van der Waals surface area contributed by atoms with Crippen LogP contribution in [0.2, 0.25) is 5.15 Å². The third-order valence-electron chi connectivity index (χ3n) is 6.26. The van der Waals surface area contributed by atoms with Crippen LogP contribution >= 0.6 is 11.6 Å². The fraction of sp³-hybridized carbons (Fsp3) is 0.538. The van der Waals surface area contributed by atoms with Crippen LogP contribution in [0.15, 0.2) is 18.2 Å². The van der Waals surface area contributed by atoms with Crippen molar-refractivity contribution in [3.8, 4) is 17.2 Å². The van der Waals surface area contributed by atoms with E-state index in [9.17, 15) is 36.8 Å². The highest BCUT2D eigenvalue weighted by Gasteiger charge is 2.57. The smallest absolute Gasteiger partial charge is 0.424 e. The molecule has 1 aliphatic rings. The SMILES string of the molecule is COc1cc(C(=O)NC[C@@](O)(c2cc3c(c(Cl)n2)OC[C@@]3(C)NS(=O)C(C)(C)C)C(F)(F)F)cc(F)c1OC[C@@H](C)O. The van der Waals surface area contributed by atoms with E-state index in [0.717, 1.165) is 19.2 Å². The lowest BCUT2D eigenvalue weighted by molar-refractivity contribution is -0.265. The molecule has 1 aromatic heterocycles. The summed E-state index contributed by atoms with van der Waals surface area (Å²) in [5, 5.41) is 21.8. The van der Waals surface area contributed by atoms with Gasteiger partial charge in [0.1, 0.15) is 13.2 Å². The van der Waals surface area contributed by atoms with Crippen molar-refractivity contribution in [3.05, 3.63) is 46.0 Å². The van der Waals surface area contributed by atoms with E-state index in [2.05, 4.69) is 9.71 Å². The number of halogens is 5. The number of hydrogen-bond donors (Lipinski definition) is 4. The van der Waals surface area contributed by atoms with Gasteiger partial charge in [-0.2, -0.15) is 13.2 Å². The molecule has 1 aromatic carbocycles. The van der Waals surface area contributed by atoms with Crippen LogP contribution in [0.5, 0.6) is 17.2 Å². The third-order valence-corrected chi connectivity index (χ3v) is 8.27. The van der Waals surface area contributed by atoms with E-state index >= 15 is 0 Å². The van der Waals surface area contributed by atoms with E-state index in [4.69, 9.17) is 25.8 Å². The number of benzene rings is 1. The molecular weight excluding hydrogens is 610 g/mol. The van der Waals surface area contributed by atoms with Gasteiger partial charge in [-0.3, -0.25) is 4.79 Å². The molecule has 0 radical (unpaired) electrons. The molecule has 0 saturated carbocycles. The molecule has 0 spiro atoms. The number of carbonyl (C=O) groups excluding carboxylic acids is 1. The van der Waals surface area contributed by atoms with Gasteiger partial charge in [0.15, 0.2) is 28.2 Å². The zero-order valence-corrected chi connectivity index (χ0v) is 25.2. The normalized spacial score (nSPS) is 19.7. The van der Waals surface area contributed by atoms with Gasteiger partial charge in [0, 0.05) is 11.1 Å². The first-order valence-corrected chi connectivity index (χ1v) is 14.1. The summed E-state index contributed by atoms with van der Waals surface area (Å²) in [6.45, 7) is 6.18. The fourth-order valence-electron chi connectivity index (χ4n) is 3.84. The monoisotopic (exact) mass is 641 g/mol. The van der Waals surface area contributed by atoms with Crippen LogP contribution in [-0.2, 0) is 22.1 Å². The summed E-state index contributed by atoms with van der Waals surface area (Å²) in [5.74, 6) is -2.96. The molecule has 2 heterocycles. The molecule has 1 amide bonds. The van der Waals surface area contributed by atoms with Gasteiger partial charge in [-0.1, -0.05) is 11.6 Å². The molecule has 0 aliphatic carbocycles. The molecule has 4 atom stereocenters. The number of amides is 1. The minimum atomic E-state index is -5.37. The number of alkyl halides is 3. The number of nitrogens with zero attached hydrogens (tertiary/aromatic N) is 1. The van der Waals surface area contributed by atoms with Crippen LogP contribution in [0.3, 0.4) is 0 Å². The number of fused-ring (bicyclic) bond motifs is 1. The van der Waals surface area contributed by atoms with Gasteiger partial charge in [-0.15, -0.1) is 0 Å². The molecule has 42 heavy (non-hydrogen) atoms. The average molecular weight is 642 g/mol. The number of hydrogen-bond acceptors (Lipinski definition) is 8. The second-order valence-electron chi connectivity index (χ2n) is 11.0. The van der Waals surface area contributed by atoms with Crippen molar-refractivity contribution in [1.82, 2.24) is 15.0 Å². The summed E-state index contributed by atoms with van der Waals surface area (Å²) in [6, 6.07) is 2.66. The molecule has 234 valence electrons. The van der Waals surface area contributed by atoms with E-state index in [1.165, 1.54) is 6.92 Å². The summed E-state index contributed by atoms with van der Waals surface area (Å²) >= 11 is 6.17. The Morgan fingerprint density at radius 2 is 1.93 bits per heavy atom. The summed E-state index contributed by atoms with van der Waals surface area (Å²) in [5.41, 5.74) is -6.34. The number of aromatic nitrogens is 1. The van der Waals surface area contributed by atoms with Crippen LogP contribution in [0.1, 0.15) is 56.2 Å². The minimum absolute atomic E-state index is 0.0460. The van der Waals surface area contributed by atoms with Crippen molar-refractivity contribution in [2.45, 2.75) is 62.8 Å². The Balaban J connectivity index is 1.95. The van der Waals surface area contributed by atoms with E-state index in [0.29, 0.717) is 6.07 Å². The summed E-state index contributed by atoms with van der Waals surface area (Å²) < 4.78 is 88.5. The second-order valence-corrected chi connectivity index (χ2v) is 13.3. The standard InChI is InChI=1S/C26H32ClF4N3O7S/c1-13(35)10-40-20-16(28)7-14(8-17(20)39-6)22(36)32-11-25(37,26(29,30)31)18-9-15-19(21(27)33-18)41-12-24(15,5)34-42(38)23(2,3)4/h7-9,13,34-35,37H,10-12H2,1-6H3,(H,32,36)/t13-,24-,25-,42?/m1/s1. The van der Waals surface area contributed by atoms with Gasteiger partial charge in [-0.25, -0.2) is 18.3 Å². The Labute approximate surface area is 247 Å².